The van der Waals surface area contributed by atoms with Gasteiger partial charge in [0.1, 0.15) is 5.60 Å². The molecule has 1 unspecified atom stereocenters. The Balaban J connectivity index is 3.20. The zero-order chi connectivity index (χ0) is 18.7. The maximum absolute atomic E-state index is 12.4. The fraction of sp³-hybridized carbons (Fsp3) is 0.500. The molecule has 7 nitrogen and oxygen atoms in total. The van der Waals surface area contributed by atoms with Crippen LogP contribution in [0.5, 0.6) is 0 Å². The number of ether oxygens (including phenoxy) is 2. The molecule has 0 N–H and O–H groups in total. The molecule has 1 aromatic rings. The summed E-state index contributed by atoms with van der Waals surface area (Å²) in [5, 5.41) is -1.50. The van der Waals surface area contributed by atoms with E-state index >= 15 is 0 Å². The largest absolute Gasteiger partial charge is 0.468 e. The zero-order valence-corrected chi connectivity index (χ0v) is 15.5. The van der Waals surface area contributed by atoms with E-state index in [0.717, 1.165) is 11.4 Å². The molecule has 0 aliphatic carbocycles. The SMILES string of the molecule is COC(=O)C(c1ccc(C(=O)OC(C)(C)C)cc1)S(=O)(=O)N(C)C. The molecule has 1 atom stereocenters. The van der Waals surface area contributed by atoms with Gasteiger partial charge in [-0.3, -0.25) is 4.79 Å². The number of esters is 2. The highest BCUT2D eigenvalue weighted by molar-refractivity contribution is 7.90. The molecular formula is C16H23NO6S. The van der Waals surface area contributed by atoms with Crippen molar-refractivity contribution < 1.29 is 27.5 Å². The van der Waals surface area contributed by atoms with E-state index in [-0.39, 0.29) is 11.1 Å². The van der Waals surface area contributed by atoms with Crippen LogP contribution in [0.1, 0.15) is 41.9 Å². The van der Waals surface area contributed by atoms with Gasteiger partial charge in [0.15, 0.2) is 5.25 Å². The Morgan fingerprint density at radius 1 is 1.08 bits per heavy atom. The quantitative estimate of drug-likeness (QED) is 0.746. The topological polar surface area (TPSA) is 90.0 Å². The van der Waals surface area contributed by atoms with Crippen molar-refractivity contribution in [2.24, 2.45) is 0 Å². The number of hydrogen-bond acceptors (Lipinski definition) is 6. The van der Waals surface area contributed by atoms with Crippen molar-refractivity contribution in [1.29, 1.82) is 0 Å². The minimum absolute atomic E-state index is 0.211. The van der Waals surface area contributed by atoms with Crippen molar-refractivity contribution in [2.45, 2.75) is 31.6 Å². The fourth-order valence-corrected chi connectivity index (χ4v) is 3.14. The molecule has 1 aromatic carbocycles. The Bertz CT molecular complexity index is 701. The summed E-state index contributed by atoms with van der Waals surface area (Å²) < 4.78 is 35.5. The predicted molar refractivity (Wildman–Crippen MR) is 89.0 cm³/mol. The Morgan fingerprint density at radius 3 is 1.96 bits per heavy atom. The van der Waals surface area contributed by atoms with E-state index in [9.17, 15) is 18.0 Å². The van der Waals surface area contributed by atoms with Crippen LogP contribution < -0.4 is 0 Å². The third-order valence-corrected chi connectivity index (χ3v) is 5.15. The zero-order valence-electron chi connectivity index (χ0n) is 14.7. The van der Waals surface area contributed by atoms with E-state index in [1.54, 1.807) is 20.8 Å². The Labute approximate surface area is 142 Å². The van der Waals surface area contributed by atoms with Crippen molar-refractivity contribution in [3.63, 3.8) is 0 Å². The van der Waals surface area contributed by atoms with Crippen molar-refractivity contribution in [3.05, 3.63) is 35.4 Å². The highest BCUT2D eigenvalue weighted by atomic mass is 32.2. The minimum atomic E-state index is -3.92. The van der Waals surface area contributed by atoms with Crippen molar-refractivity contribution >= 4 is 22.0 Å². The maximum Gasteiger partial charge on any atom is 0.338 e. The molecule has 1 rings (SSSR count). The Kier molecular flexibility index (Phi) is 6.13. The van der Waals surface area contributed by atoms with Crippen LogP contribution in [0.15, 0.2) is 24.3 Å². The highest BCUT2D eigenvalue weighted by Gasteiger charge is 2.37. The van der Waals surface area contributed by atoms with Gasteiger partial charge in [0, 0.05) is 14.1 Å². The summed E-state index contributed by atoms with van der Waals surface area (Å²) in [6.07, 6.45) is 0. The first-order valence-electron chi connectivity index (χ1n) is 7.22. The Morgan fingerprint density at radius 2 is 1.58 bits per heavy atom. The first-order valence-corrected chi connectivity index (χ1v) is 8.73. The van der Waals surface area contributed by atoms with E-state index in [4.69, 9.17) is 4.74 Å². The second-order valence-electron chi connectivity index (χ2n) is 6.35. The normalized spacial score (nSPS) is 13.5. The van der Waals surface area contributed by atoms with Gasteiger partial charge in [-0.05, 0) is 38.5 Å². The van der Waals surface area contributed by atoms with Crippen LogP contribution in [0.25, 0.3) is 0 Å². The number of sulfonamides is 1. The second-order valence-corrected chi connectivity index (χ2v) is 8.59. The molecule has 0 bridgehead atoms. The molecule has 0 aliphatic heterocycles. The molecule has 0 aliphatic rings. The first kappa shape index (κ1) is 20.1. The molecule has 24 heavy (non-hydrogen) atoms. The number of benzene rings is 1. The minimum Gasteiger partial charge on any atom is -0.468 e. The molecule has 0 spiro atoms. The van der Waals surface area contributed by atoms with E-state index in [1.165, 1.54) is 38.4 Å². The third-order valence-electron chi connectivity index (χ3n) is 3.07. The monoisotopic (exact) mass is 357 g/mol. The van der Waals surface area contributed by atoms with Gasteiger partial charge in [-0.25, -0.2) is 17.5 Å². The third kappa shape index (κ3) is 4.78. The van der Waals surface area contributed by atoms with Gasteiger partial charge >= 0.3 is 11.9 Å². The molecule has 8 heteroatoms. The predicted octanol–water partition coefficient (Wildman–Crippen LogP) is 1.75. The van der Waals surface area contributed by atoms with E-state index in [0.29, 0.717) is 0 Å². The molecule has 0 fully saturated rings. The van der Waals surface area contributed by atoms with Crippen LogP contribution in [0.4, 0.5) is 0 Å². The number of methoxy groups -OCH3 is 1. The van der Waals surface area contributed by atoms with Crippen LogP contribution in [0.2, 0.25) is 0 Å². The number of carbonyl (C=O) groups excluding carboxylic acids is 2. The van der Waals surface area contributed by atoms with Gasteiger partial charge < -0.3 is 9.47 Å². The van der Waals surface area contributed by atoms with Gasteiger partial charge in [0.05, 0.1) is 12.7 Å². The lowest BCUT2D eigenvalue weighted by molar-refractivity contribution is -0.140. The lowest BCUT2D eigenvalue weighted by Gasteiger charge is -2.21. The number of hydrogen-bond donors (Lipinski definition) is 0. The molecule has 0 aromatic heterocycles. The van der Waals surface area contributed by atoms with E-state index < -0.39 is 32.8 Å². The lowest BCUT2D eigenvalue weighted by Crippen LogP contribution is -2.33. The second kappa shape index (κ2) is 7.31. The first-order chi connectivity index (χ1) is 10.9. The summed E-state index contributed by atoms with van der Waals surface area (Å²) in [4.78, 5) is 23.9. The summed E-state index contributed by atoms with van der Waals surface area (Å²) in [6.45, 7) is 5.24. The highest BCUT2D eigenvalue weighted by Crippen LogP contribution is 2.26. The van der Waals surface area contributed by atoms with Gasteiger partial charge in [-0.1, -0.05) is 12.1 Å². The number of nitrogens with zero attached hydrogens (tertiary/aromatic N) is 1. The molecule has 0 radical (unpaired) electrons. The van der Waals surface area contributed by atoms with Crippen LogP contribution >= 0.6 is 0 Å². The summed E-state index contributed by atoms with van der Waals surface area (Å²) in [6, 6.07) is 5.65. The van der Waals surface area contributed by atoms with Gasteiger partial charge in [-0.2, -0.15) is 0 Å². The summed E-state index contributed by atoms with van der Waals surface area (Å²) in [7, 11) is -0.135. The molecule has 0 saturated carbocycles. The number of rotatable bonds is 5. The fourth-order valence-electron chi connectivity index (χ4n) is 1.88. The van der Waals surface area contributed by atoms with Crippen molar-refractivity contribution in [3.8, 4) is 0 Å². The average Bonchev–Trinajstić information content (AvgIpc) is 2.45. The van der Waals surface area contributed by atoms with Crippen LogP contribution in [0, 0.1) is 0 Å². The lowest BCUT2D eigenvalue weighted by atomic mass is 10.1. The molecular weight excluding hydrogens is 334 g/mol. The number of carbonyl (C=O) groups is 2. The van der Waals surface area contributed by atoms with Crippen LogP contribution in [0.3, 0.4) is 0 Å². The Hall–Kier alpha value is -1.93. The average molecular weight is 357 g/mol. The summed E-state index contributed by atoms with van der Waals surface area (Å²) >= 11 is 0. The summed E-state index contributed by atoms with van der Waals surface area (Å²) in [5.74, 6) is -1.42. The van der Waals surface area contributed by atoms with Crippen LogP contribution in [-0.2, 0) is 24.3 Å². The van der Waals surface area contributed by atoms with Crippen molar-refractivity contribution in [2.75, 3.05) is 21.2 Å². The van der Waals surface area contributed by atoms with E-state index in [1.807, 2.05) is 0 Å². The van der Waals surface area contributed by atoms with E-state index in [2.05, 4.69) is 4.74 Å². The molecule has 0 heterocycles. The van der Waals surface area contributed by atoms with Crippen molar-refractivity contribution in [1.82, 2.24) is 4.31 Å². The van der Waals surface area contributed by atoms with Gasteiger partial charge in [0.2, 0.25) is 10.0 Å². The van der Waals surface area contributed by atoms with Gasteiger partial charge in [0.25, 0.3) is 0 Å². The standard InChI is InChI=1S/C16H23NO6S/c1-16(2,3)23-14(18)12-9-7-11(8-10-12)13(15(19)22-6)24(20,21)17(4)5/h7-10,13H,1-6H3. The summed E-state index contributed by atoms with van der Waals surface area (Å²) in [5.41, 5.74) is -0.166. The molecule has 0 amide bonds. The van der Waals surface area contributed by atoms with Gasteiger partial charge in [-0.15, -0.1) is 0 Å². The van der Waals surface area contributed by atoms with Crippen LogP contribution in [-0.4, -0.2) is 51.5 Å². The maximum atomic E-state index is 12.4. The molecule has 0 saturated heterocycles. The molecule has 134 valence electrons. The smallest absolute Gasteiger partial charge is 0.338 e.